The molecule has 178 valence electrons. The van der Waals surface area contributed by atoms with Gasteiger partial charge in [-0.3, -0.25) is 4.79 Å². The number of carboxylic acid groups (broad SMARTS) is 1. The first-order chi connectivity index (χ1) is 17.0. The van der Waals surface area contributed by atoms with Gasteiger partial charge >= 0.3 is 5.97 Å². The van der Waals surface area contributed by atoms with Gasteiger partial charge in [-0.05, 0) is 43.2 Å². The molecule has 4 heterocycles. The Hall–Kier alpha value is -4.21. The predicted octanol–water partition coefficient (Wildman–Crippen LogP) is 3.55. The van der Waals surface area contributed by atoms with E-state index in [1.165, 1.54) is 12.3 Å². The molecular formula is C25H22FN5O4. The number of nitrogens with zero attached hydrogens (tertiary/aromatic N) is 5. The molecule has 1 saturated heterocycles. The largest absolute Gasteiger partial charge is 0.477 e. The van der Waals surface area contributed by atoms with Gasteiger partial charge in [-0.2, -0.15) is 0 Å². The number of carboxylic acids is 1. The number of aromatic carboxylic acids is 1. The first-order valence-corrected chi connectivity index (χ1v) is 11.5. The zero-order chi connectivity index (χ0) is 24.1. The molecule has 1 aliphatic heterocycles. The zero-order valence-corrected chi connectivity index (χ0v) is 18.7. The Labute approximate surface area is 199 Å². The van der Waals surface area contributed by atoms with Gasteiger partial charge in [0.1, 0.15) is 17.1 Å². The molecule has 4 aromatic rings. The van der Waals surface area contributed by atoms with Crippen LogP contribution in [-0.2, 0) is 0 Å². The number of anilines is 2. The fraction of sp³-hybridized carbons (Fsp3) is 0.280. The smallest absolute Gasteiger partial charge is 0.341 e. The quantitative estimate of drug-likeness (QED) is 0.467. The van der Waals surface area contributed by atoms with Crippen molar-refractivity contribution in [3.8, 4) is 11.5 Å². The molecule has 35 heavy (non-hydrogen) atoms. The summed E-state index contributed by atoms with van der Waals surface area (Å²) in [6, 6.07) is 8.43. The third kappa shape index (κ3) is 3.80. The van der Waals surface area contributed by atoms with Gasteiger partial charge in [0.15, 0.2) is 5.76 Å². The molecule has 0 spiro atoms. The van der Waals surface area contributed by atoms with Gasteiger partial charge in [0.2, 0.25) is 11.4 Å². The molecule has 1 N–H and O–H groups in total. The number of benzene rings is 1. The summed E-state index contributed by atoms with van der Waals surface area (Å²) >= 11 is 0. The monoisotopic (exact) mass is 475 g/mol. The van der Waals surface area contributed by atoms with Crippen LogP contribution in [-0.4, -0.2) is 51.8 Å². The summed E-state index contributed by atoms with van der Waals surface area (Å²) in [5, 5.41) is 9.53. The Bertz CT molecular complexity index is 1490. The Balaban J connectivity index is 1.29. The molecule has 2 fully saturated rings. The summed E-state index contributed by atoms with van der Waals surface area (Å²) in [4.78, 5) is 37.3. The maximum Gasteiger partial charge on any atom is 0.341 e. The maximum absolute atomic E-state index is 15.2. The molecule has 1 aliphatic carbocycles. The molecule has 6 rings (SSSR count). The van der Waals surface area contributed by atoms with E-state index in [2.05, 4.69) is 9.97 Å². The van der Waals surface area contributed by atoms with E-state index >= 15 is 4.39 Å². The first kappa shape index (κ1) is 21.3. The fourth-order valence-corrected chi connectivity index (χ4v) is 4.62. The molecule has 0 unspecified atom stereocenters. The molecule has 0 bridgehead atoms. The lowest BCUT2D eigenvalue weighted by Crippen LogP contribution is -2.47. The van der Waals surface area contributed by atoms with Gasteiger partial charge in [-0.25, -0.2) is 19.2 Å². The summed E-state index contributed by atoms with van der Waals surface area (Å²) in [7, 11) is 0. The van der Waals surface area contributed by atoms with Crippen LogP contribution in [0.3, 0.4) is 0 Å². The molecule has 3 aromatic heterocycles. The SMILES string of the molecule is O=C(O)c1cn(C2CC2)c2cc(N3CCN(c4nccc(-c5ccco5)n4)CC3)c(F)cc2c1=O. The van der Waals surface area contributed by atoms with Gasteiger partial charge in [0.05, 0.1) is 17.5 Å². The Kier molecular flexibility index (Phi) is 5.01. The number of carbonyl (C=O) groups is 1. The lowest BCUT2D eigenvalue weighted by Gasteiger charge is -2.36. The molecule has 10 heteroatoms. The predicted molar refractivity (Wildman–Crippen MR) is 128 cm³/mol. The third-order valence-corrected chi connectivity index (χ3v) is 6.59. The van der Waals surface area contributed by atoms with E-state index < -0.39 is 17.2 Å². The number of rotatable bonds is 5. The van der Waals surface area contributed by atoms with E-state index in [9.17, 15) is 14.7 Å². The summed E-state index contributed by atoms with van der Waals surface area (Å²) in [5.74, 6) is -0.589. The molecular weight excluding hydrogens is 453 g/mol. The van der Waals surface area contributed by atoms with Crippen LogP contribution >= 0.6 is 0 Å². The van der Waals surface area contributed by atoms with Gasteiger partial charge < -0.3 is 23.9 Å². The Morgan fingerprint density at radius 3 is 2.57 bits per heavy atom. The second-order valence-electron chi connectivity index (χ2n) is 8.83. The van der Waals surface area contributed by atoms with E-state index in [0.29, 0.717) is 54.8 Å². The first-order valence-electron chi connectivity index (χ1n) is 11.5. The Morgan fingerprint density at radius 1 is 1.11 bits per heavy atom. The number of halogens is 1. The van der Waals surface area contributed by atoms with E-state index in [-0.39, 0.29) is 17.0 Å². The molecule has 1 aromatic carbocycles. The molecule has 0 amide bonds. The number of piperazine rings is 1. The van der Waals surface area contributed by atoms with Gasteiger partial charge in [-0.15, -0.1) is 0 Å². The summed E-state index contributed by atoms with van der Waals surface area (Å²) < 4.78 is 22.5. The highest BCUT2D eigenvalue weighted by Gasteiger charge is 2.29. The van der Waals surface area contributed by atoms with Gasteiger partial charge in [-0.1, -0.05) is 0 Å². The van der Waals surface area contributed by atoms with Crippen molar-refractivity contribution in [2.75, 3.05) is 36.0 Å². The van der Waals surface area contributed by atoms with E-state index in [0.717, 1.165) is 12.8 Å². The number of fused-ring (bicyclic) bond motifs is 1. The average Bonchev–Trinajstić information content (AvgIpc) is 3.56. The maximum atomic E-state index is 15.2. The fourth-order valence-electron chi connectivity index (χ4n) is 4.62. The summed E-state index contributed by atoms with van der Waals surface area (Å²) in [6.45, 7) is 2.26. The van der Waals surface area contributed by atoms with Gasteiger partial charge in [0, 0.05) is 50.0 Å². The number of pyridine rings is 1. The topological polar surface area (TPSA) is 105 Å². The second kappa shape index (κ2) is 8.23. The third-order valence-electron chi connectivity index (χ3n) is 6.59. The van der Waals surface area contributed by atoms with Crippen LogP contribution in [0.4, 0.5) is 16.0 Å². The average molecular weight is 475 g/mol. The van der Waals surface area contributed by atoms with E-state index in [4.69, 9.17) is 4.42 Å². The lowest BCUT2D eigenvalue weighted by atomic mass is 10.1. The van der Waals surface area contributed by atoms with Crippen molar-refractivity contribution in [2.45, 2.75) is 18.9 Å². The highest BCUT2D eigenvalue weighted by molar-refractivity contribution is 5.93. The number of hydrogen-bond acceptors (Lipinski definition) is 7. The van der Waals surface area contributed by atoms with E-state index in [1.807, 2.05) is 20.4 Å². The minimum atomic E-state index is -1.30. The van der Waals surface area contributed by atoms with Crippen LogP contribution in [0, 0.1) is 5.82 Å². The standard InChI is InChI=1S/C25H22FN5O4/c26-18-12-16-20(31(15-3-4-15)14-17(23(16)32)24(33)34)13-21(18)29-7-9-30(10-8-29)25-27-6-5-19(28-25)22-2-1-11-35-22/h1-2,5-6,11-15H,3-4,7-10H2,(H,33,34). The van der Waals surface area contributed by atoms with Crippen molar-refractivity contribution >= 4 is 28.5 Å². The molecule has 2 aliphatic rings. The van der Waals surface area contributed by atoms with Gasteiger partial charge in [0.25, 0.3) is 0 Å². The molecule has 1 saturated carbocycles. The zero-order valence-electron chi connectivity index (χ0n) is 18.7. The highest BCUT2D eigenvalue weighted by atomic mass is 19.1. The van der Waals surface area contributed by atoms with Crippen molar-refractivity contribution in [2.24, 2.45) is 0 Å². The van der Waals surface area contributed by atoms with Crippen LogP contribution < -0.4 is 15.2 Å². The van der Waals surface area contributed by atoms with Crippen LogP contribution in [0.5, 0.6) is 0 Å². The van der Waals surface area contributed by atoms with Crippen LogP contribution in [0.2, 0.25) is 0 Å². The van der Waals surface area contributed by atoms with Crippen molar-refractivity contribution in [1.82, 2.24) is 14.5 Å². The van der Waals surface area contributed by atoms with Crippen molar-refractivity contribution in [1.29, 1.82) is 0 Å². The van der Waals surface area contributed by atoms with Crippen molar-refractivity contribution in [3.63, 3.8) is 0 Å². The highest BCUT2D eigenvalue weighted by Crippen LogP contribution is 2.38. The van der Waals surface area contributed by atoms with E-state index in [1.54, 1.807) is 30.7 Å². The summed E-state index contributed by atoms with van der Waals surface area (Å²) in [5.41, 5.74) is 0.673. The van der Waals surface area contributed by atoms with Crippen LogP contribution in [0.15, 0.2) is 58.2 Å². The summed E-state index contributed by atoms with van der Waals surface area (Å²) in [6.07, 6.45) is 6.49. The number of hydrogen-bond donors (Lipinski definition) is 1. The Morgan fingerprint density at radius 2 is 1.89 bits per heavy atom. The minimum absolute atomic E-state index is 0.0971. The molecule has 0 radical (unpaired) electrons. The lowest BCUT2D eigenvalue weighted by molar-refractivity contribution is 0.0695. The normalized spacial score (nSPS) is 16.1. The second-order valence-corrected chi connectivity index (χ2v) is 8.83. The minimum Gasteiger partial charge on any atom is -0.477 e. The number of furan rings is 1. The molecule has 9 nitrogen and oxygen atoms in total. The number of aromatic nitrogens is 3. The van der Waals surface area contributed by atoms with Crippen LogP contribution in [0.1, 0.15) is 29.2 Å². The molecule has 0 atom stereocenters. The van der Waals surface area contributed by atoms with Crippen molar-refractivity contribution in [3.05, 3.63) is 70.6 Å². The van der Waals surface area contributed by atoms with Crippen LogP contribution in [0.25, 0.3) is 22.4 Å². The van der Waals surface area contributed by atoms with Crippen molar-refractivity contribution < 1.29 is 18.7 Å².